The Morgan fingerprint density at radius 2 is 1.81 bits per heavy atom. The molecule has 27 heavy (non-hydrogen) atoms. The molecule has 1 heterocycles. The Hall–Kier alpha value is -2.61. The Balaban J connectivity index is 2.10. The smallest absolute Gasteiger partial charge is 0.422 e. The predicted molar refractivity (Wildman–Crippen MR) is 96.5 cm³/mol. The molecule has 1 amide bonds. The van der Waals surface area contributed by atoms with E-state index in [1.54, 1.807) is 0 Å². The molecule has 0 saturated heterocycles. The van der Waals surface area contributed by atoms with Crippen molar-refractivity contribution in [2.75, 3.05) is 25.0 Å². The number of alkyl halides is 3. The molecule has 1 N–H and O–H groups in total. The van der Waals surface area contributed by atoms with Gasteiger partial charge in [0.25, 0.3) is 0 Å². The van der Waals surface area contributed by atoms with E-state index in [1.807, 2.05) is 49.1 Å². The van der Waals surface area contributed by atoms with Crippen LogP contribution in [-0.4, -0.2) is 41.7 Å². The summed E-state index contributed by atoms with van der Waals surface area (Å²) in [5, 5.41) is 2.77. The Morgan fingerprint density at radius 3 is 2.33 bits per heavy atom. The Bertz CT molecular complexity index is 717. The number of halogens is 3. The highest BCUT2D eigenvalue weighted by molar-refractivity contribution is 5.95. The lowest BCUT2D eigenvalue weighted by atomic mass is 10.0. The molecule has 0 fully saturated rings. The average Bonchev–Trinajstić information content (AvgIpc) is 2.65. The quantitative estimate of drug-likeness (QED) is 0.750. The van der Waals surface area contributed by atoms with Gasteiger partial charge in [-0.3, -0.25) is 9.69 Å². The molecule has 8 heteroatoms. The van der Waals surface area contributed by atoms with Gasteiger partial charge in [0.1, 0.15) is 6.04 Å². The van der Waals surface area contributed by atoms with Crippen LogP contribution in [0.15, 0.2) is 48.7 Å². The number of carbonyl (C=O) groups is 1. The zero-order valence-electron chi connectivity index (χ0n) is 15.2. The van der Waals surface area contributed by atoms with Gasteiger partial charge in [-0.15, -0.1) is 0 Å². The van der Waals surface area contributed by atoms with Gasteiger partial charge < -0.3 is 10.1 Å². The van der Waals surface area contributed by atoms with E-state index in [1.165, 1.54) is 18.3 Å². The number of hydrogen-bond donors (Lipinski definition) is 1. The number of nitrogens with zero attached hydrogens (tertiary/aromatic N) is 2. The second-order valence-corrected chi connectivity index (χ2v) is 5.81. The molecular weight excluding hydrogens is 359 g/mol. The van der Waals surface area contributed by atoms with Crippen molar-refractivity contribution in [3.8, 4) is 5.88 Å². The molecule has 5 nitrogen and oxygen atoms in total. The molecule has 1 unspecified atom stereocenters. The van der Waals surface area contributed by atoms with Crippen LogP contribution < -0.4 is 10.1 Å². The van der Waals surface area contributed by atoms with Crippen molar-refractivity contribution >= 4 is 11.6 Å². The molecule has 0 aliphatic heterocycles. The number of rotatable bonds is 8. The van der Waals surface area contributed by atoms with Gasteiger partial charge in [0.2, 0.25) is 11.8 Å². The summed E-state index contributed by atoms with van der Waals surface area (Å²) in [6, 6.07) is 11.6. The van der Waals surface area contributed by atoms with Crippen molar-refractivity contribution in [3.05, 3.63) is 54.2 Å². The van der Waals surface area contributed by atoms with Gasteiger partial charge in [0.05, 0.1) is 11.9 Å². The minimum absolute atomic E-state index is 0.159. The maximum absolute atomic E-state index is 12.9. The van der Waals surface area contributed by atoms with Gasteiger partial charge >= 0.3 is 6.18 Å². The molecular formula is C19H22F3N3O2. The molecule has 1 aromatic heterocycles. The summed E-state index contributed by atoms with van der Waals surface area (Å²) in [7, 11) is 0. The van der Waals surface area contributed by atoms with Crippen LogP contribution in [0.25, 0.3) is 0 Å². The second kappa shape index (κ2) is 9.36. The maximum atomic E-state index is 12.9. The number of hydrogen-bond acceptors (Lipinski definition) is 4. The first-order valence-electron chi connectivity index (χ1n) is 8.59. The van der Waals surface area contributed by atoms with Crippen LogP contribution in [0.5, 0.6) is 5.88 Å². The second-order valence-electron chi connectivity index (χ2n) is 5.81. The monoisotopic (exact) mass is 381 g/mol. The van der Waals surface area contributed by atoms with Crippen molar-refractivity contribution in [2.24, 2.45) is 0 Å². The highest BCUT2D eigenvalue weighted by atomic mass is 19.4. The highest BCUT2D eigenvalue weighted by Crippen LogP contribution is 2.23. The first-order valence-corrected chi connectivity index (χ1v) is 8.59. The van der Waals surface area contributed by atoms with Crippen LogP contribution in [0.3, 0.4) is 0 Å². The molecule has 146 valence electrons. The summed E-state index contributed by atoms with van der Waals surface area (Å²) >= 11 is 0. The van der Waals surface area contributed by atoms with E-state index in [0.29, 0.717) is 18.8 Å². The molecule has 2 aromatic rings. The minimum atomic E-state index is -4.43. The summed E-state index contributed by atoms with van der Waals surface area (Å²) < 4.78 is 41.1. The lowest BCUT2D eigenvalue weighted by Crippen LogP contribution is -2.37. The summed E-state index contributed by atoms with van der Waals surface area (Å²) in [4.78, 5) is 18.7. The van der Waals surface area contributed by atoms with Crippen molar-refractivity contribution < 1.29 is 22.7 Å². The number of carbonyl (C=O) groups excluding carboxylic acids is 1. The molecule has 0 spiro atoms. The normalized spacial score (nSPS) is 12.7. The third-order valence-corrected chi connectivity index (χ3v) is 3.93. The van der Waals surface area contributed by atoms with Gasteiger partial charge in [0, 0.05) is 6.07 Å². The van der Waals surface area contributed by atoms with Gasteiger partial charge in [-0.25, -0.2) is 4.98 Å². The molecule has 0 aliphatic carbocycles. The van der Waals surface area contributed by atoms with E-state index in [0.717, 1.165) is 5.56 Å². The largest absolute Gasteiger partial charge is 0.468 e. The maximum Gasteiger partial charge on any atom is 0.422 e. The number of amides is 1. The number of aromatic nitrogens is 1. The predicted octanol–water partition coefficient (Wildman–Crippen LogP) is 4.04. The van der Waals surface area contributed by atoms with E-state index < -0.39 is 18.8 Å². The molecule has 0 saturated carbocycles. The van der Waals surface area contributed by atoms with Crippen molar-refractivity contribution in [1.29, 1.82) is 0 Å². The van der Waals surface area contributed by atoms with Crippen LogP contribution in [-0.2, 0) is 4.79 Å². The van der Waals surface area contributed by atoms with Crippen LogP contribution in [0, 0.1) is 0 Å². The van der Waals surface area contributed by atoms with E-state index in [4.69, 9.17) is 0 Å². The molecule has 1 atom stereocenters. The summed E-state index contributed by atoms with van der Waals surface area (Å²) in [5.41, 5.74) is 1.24. The van der Waals surface area contributed by atoms with Gasteiger partial charge in [-0.05, 0) is 24.7 Å². The Morgan fingerprint density at radius 1 is 1.15 bits per heavy atom. The minimum Gasteiger partial charge on any atom is -0.468 e. The fourth-order valence-electron chi connectivity index (χ4n) is 2.66. The van der Waals surface area contributed by atoms with Crippen molar-refractivity contribution in [2.45, 2.75) is 26.1 Å². The average molecular weight is 381 g/mol. The summed E-state index contributed by atoms with van der Waals surface area (Å²) in [6.07, 6.45) is -3.16. The number of benzene rings is 1. The third kappa shape index (κ3) is 6.25. The summed E-state index contributed by atoms with van der Waals surface area (Å²) in [6.45, 7) is 3.91. The van der Waals surface area contributed by atoms with Gasteiger partial charge in [-0.2, -0.15) is 13.2 Å². The first kappa shape index (κ1) is 20.7. The zero-order valence-corrected chi connectivity index (χ0v) is 15.2. The fourth-order valence-corrected chi connectivity index (χ4v) is 2.66. The lowest BCUT2D eigenvalue weighted by Gasteiger charge is -2.29. The molecule has 0 aliphatic rings. The van der Waals surface area contributed by atoms with Crippen molar-refractivity contribution in [1.82, 2.24) is 9.88 Å². The van der Waals surface area contributed by atoms with Crippen LogP contribution >= 0.6 is 0 Å². The third-order valence-electron chi connectivity index (χ3n) is 3.93. The van der Waals surface area contributed by atoms with E-state index >= 15 is 0 Å². The number of nitrogens with one attached hydrogen (secondary N) is 1. The number of pyridine rings is 1. The molecule has 0 radical (unpaired) electrons. The van der Waals surface area contributed by atoms with Crippen LogP contribution in [0.2, 0.25) is 0 Å². The summed E-state index contributed by atoms with van der Waals surface area (Å²) in [5.74, 6) is -0.399. The van der Waals surface area contributed by atoms with Gasteiger partial charge in [-0.1, -0.05) is 44.2 Å². The SMILES string of the molecule is CCN(CC)C(C(=O)Nc1ccc(OCC(F)(F)F)nc1)c1ccccc1. The lowest BCUT2D eigenvalue weighted by molar-refractivity contribution is -0.154. The standard InChI is InChI=1S/C19H22F3N3O2/c1-3-25(4-2)17(14-8-6-5-7-9-14)18(26)24-15-10-11-16(23-12-15)27-13-19(20,21)22/h5-12,17H,3-4,13H2,1-2H3,(H,24,26). The van der Waals surface area contributed by atoms with Crippen molar-refractivity contribution in [3.63, 3.8) is 0 Å². The highest BCUT2D eigenvalue weighted by Gasteiger charge is 2.29. The van der Waals surface area contributed by atoms with E-state index in [9.17, 15) is 18.0 Å². The van der Waals surface area contributed by atoms with Crippen LogP contribution in [0.4, 0.5) is 18.9 Å². The molecule has 0 bridgehead atoms. The number of ether oxygens (including phenoxy) is 1. The van der Waals surface area contributed by atoms with Gasteiger partial charge in [0.15, 0.2) is 6.61 Å². The zero-order chi connectivity index (χ0) is 19.9. The molecule has 2 rings (SSSR count). The van der Waals surface area contributed by atoms with E-state index in [2.05, 4.69) is 15.0 Å². The topological polar surface area (TPSA) is 54.5 Å². The first-order chi connectivity index (χ1) is 12.8. The van der Waals surface area contributed by atoms with E-state index in [-0.39, 0.29) is 11.8 Å². The molecule has 1 aromatic carbocycles. The number of anilines is 1. The Labute approximate surface area is 156 Å². The Kier molecular flexibility index (Phi) is 7.18. The fraction of sp³-hybridized carbons (Fsp3) is 0.368. The number of likely N-dealkylation sites (N-methyl/N-ethyl adjacent to an activating group) is 1. The van der Waals surface area contributed by atoms with Crippen LogP contribution in [0.1, 0.15) is 25.5 Å².